The predicted octanol–water partition coefficient (Wildman–Crippen LogP) is 6.05. The molecule has 4 aromatic rings. The number of rotatable bonds is 5. The van der Waals surface area contributed by atoms with Crippen LogP contribution >= 0.6 is 11.3 Å². The zero-order valence-electron chi connectivity index (χ0n) is 17.2. The molecule has 5 nitrogen and oxygen atoms in total. The normalized spacial score (nSPS) is 10.8. The SMILES string of the molecule is Cc1ccc(OCNC(=O)Nc2ccc(-c3nc4ccc(C)cc4s3)cc2)c(C)c1. The van der Waals surface area contributed by atoms with Crippen LogP contribution in [-0.4, -0.2) is 17.7 Å². The van der Waals surface area contributed by atoms with E-state index in [9.17, 15) is 4.79 Å². The highest BCUT2D eigenvalue weighted by Crippen LogP contribution is 2.31. The first-order valence-electron chi connectivity index (χ1n) is 9.70. The van der Waals surface area contributed by atoms with E-state index in [0.29, 0.717) is 5.69 Å². The van der Waals surface area contributed by atoms with Crippen molar-refractivity contribution in [3.63, 3.8) is 0 Å². The summed E-state index contributed by atoms with van der Waals surface area (Å²) in [5.74, 6) is 0.760. The molecule has 3 aromatic carbocycles. The molecule has 0 bridgehead atoms. The fraction of sp³-hybridized carbons (Fsp3) is 0.167. The third-order valence-electron chi connectivity index (χ3n) is 4.72. The number of hydrogen-bond acceptors (Lipinski definition) is 4. The van der Waals surface area contributed by atoms with E-state index in [2.05, 4.69) is 29.7 Å². The van der Waals surface area contributed by atoms with Crippen molar-refractivity contribution in [2.24, 2.45) is 0 Å². The van der Waals surface area contributed by atoms with Crippen LogP contribution in [0.2, 0.25) is 0 Å². The molecule has 1 heterocycles. The second-order valence-electron chi connectivity index (χ2n) is 7.26. The van der Waals surface area contributed by atoms with Crippen LogP contribution in [0.25, 0.3) is 20.8 Å². The van der Waals surface area contributed by atoms with Gasteiger partial charge in [0, 0.05) is 11.3 Å². The average molecular weight is 418 g/mol. The number of anilines is 1. The monoisotopic (exact) mass is 417 g/mol. The highest BCUT2D eigenvalue weighted by Gasteiger charge is 2.08. The molecule has 0 unspecified atom stereocenters. The lowest BCUT2D eigenvalue weighted by Crippen LogP contribution is -2.32. The van der Waals surface area contributed by atoms with Gasteiger partial charge in [0.15, 0.2) is 6.73 Å². The van der Waals surface area contributed by atoms with E-state index in [0.717, 1.165) is 27.4 Å². The van der Waals surface area contributed by atoms with Crippen molar-refractivity contribution in [1.82, 2.24) is 10.3 Å². The quantitative estimate of drug-likeness (QED) is 0.389. The molecule has 1 aromatic heterocycles. The number of ether oxygens (including phenoxy) is 1. The predicted molar refractivity (Wildman–Crippen MR) is 123 cm³/mol. The number of aryl methyl sites for hydroxylation is 3. The summed E-state index contributed by atoms with van der Waals surface area (Å²) in [4.78, 5) is 16.8. The number of nitrogens with zero attached hydrogens (tertiary/aromatic N) is 1. The lowest BCUT2D eigenvalue weighted by atomic mass is 10.1. The zero-order chi connectivity index (χ0) is 21.1. The molecule has 4 rings (SSSR count). The molecule has 2 amide bonds. The third-order valence-corrected chi connectivity index (χ3v) is 5.79. The van der Waals surface area contributed by atoms with Crippen LogP contribution in [0.3, 0.4) is 0 Å². The Kier molecular flexibility index (Phi) is 5.68. The third kappa shape index (κ3) is 4.60. The maximum Gasteiger partial charge on any atom is 0.321 e. The van der Waals surface area contributed by atoms with E-state index in [1.165, 1.54) is 15.8 Å². The van der Waals surface area contributed by atoms with Crippen molar-refractivity contribution < 1.29 is 9.53 Å². The first kappa shape index (κ1) is 19.9. The van der Waals surface area contributed by atoms with Gasteiger partial charge in [0.25, 0.3) is 0 Å². The Labute approximate surface area is 179 Å². The molecule has 0 fully saturated rings. The van der Waals surface area contributed by atoms with Crippen molar-refractivity contribution in [3.05, 3.63) is 77.4 Å². The van der Waals surface area contributed by atoms with Gasteiger partial charge in [-0.1, -0.05) is 23.8 Å². The van der Waals surface area contributed by atoms with Gasteiger partial charge in [-0.25, -0.2) is 9.78 Å². The van der Waals surface area contributed by atoms with Crippen molar-refractivity contribution >= 4 is 33.3 Å². The lowest BCUT2D eigenvalue weighted by molar-refractivity contribution is 0.234. The fourth-order valence-corrected chi connectivity index (χ4v) is 4.24. The number of thiazole rings is 1. The molecule has 0 saturated heterocycles. The van der Waals surface area contributed by atoms with Crippen LogP contribution in [0.1, 0.15) is 16.7 Å². The zero-order valence-corrected chi connectivity index (χ0v) is 18.0. The highest BCUT2D eigenvalue weighted by atomic mass is 32.1. The van der Waals surface area contributed by atoms with Crippen LogP contribution in [0.4, 0.5) is 10.5 Å². The number of carbonyl (C=O) groups excluding carboxylic acids is 1. The first-order valence-corrected chi connectivity index (χ1v) is 10.5. The Balaban J connectivity index is 1.34. The number of hydrogen-bond donors (Lipinski definition) is 2. The molecule has 30 heavy (non-hydrogen) atoms. The summed E-state index contributed by atoms with van der Waals surface area (Å²) in [5, 5.41) is 6.49. The van der Waals surface area contributed by atoms with Crippen LogP contribution in [0, 0.1) is 20.8 Å². The largest absolute Gasteiger partial charge is 0.473 e. The van der Waals surface area contributed by atoms with E-state index in [1.54, 1.807) is 11.3 Å². The minimum Gasteiger partial charge on any atom is -0.473 e. The standard InChI is InChI=1S/C24H23N3O2S/c1-15-5-11-21(17(3)12-15)29-14-25-24(28)26-19-8-6-18(7-9-19)23-27-20-10-4-16(2)13-22(20)30-23/h4-13H,14H2,1-3H3,(H2,25,26,28). The first-order chi connectivity index (χ1) is 14.5. The van der Waals surface area contributed by atoms with Gasteiger partial charge in [0.2, 0.25) is 0 Å². The summed E-state index contributed by atoms with van der Waals surface area (Å²) < 4.78 is 6.81. The summed E-state index contributed by atoms with van der Waals surface area (Å²) in [6, 6.07) is 19.6. The van der Waals surface area contributed by atoms with E-state index in [1.807, 2.05) is 62.4 Å². The van der Waals surface area contributed by atoms with Gasteiger partial charge in [-0.15, -0.1) is 11.3 Å². The molecule has 0 atom stereocenters. The Bertz CT molecular complexity index is 1200. The number of carbonyl (C=O) groups is 1. The highest BCUT2D eigenvalue weighted by molar-refractivity contribution is 7.21. The Morgan fingerprint density at radius 3 is 2.47 bits per heavy atom. The van der Waals surface area contributed by atoms with Crippen molar-refractivity contribution in [2.75, 3.05) is 12.0 Å². The molecule has 0 aliphatic heterocycles. The van der Waals surface area contributed by atoms with E-state index >= 15 is 0 Å². The van der Waals surface area contributed by atoms with Gasteiger partial charge < -0.3 is 15.4 Å². The van der Waals surface area contributed by atoms with E-state index in [-0.39, 0.29) is 12.8 Å². The molecule has 0 saturated carbocycles. The molecule has 0 spiro atoms. The Hall–Kier alpha value is -3.38. The van der Waals surface area contributed by atoms with Gasteiger partial charge in [-0.2, -0.15) is 0 Å². The van der Waals surface area contributed by atoms with Gasteiger partial charge in [0.05, 0.1) is 10.2 Å². The summed E-state index contributed by atoms with van der Waals surface area (Å²) >= 11 is 1.67. The molecule has 0 radical (unpaired) electrons. The van der Waals surface area contributed by atoms with Crippen molar-refractivity contribution in [3.8, 4) is 16.3 Å². The molecular formula is C24H23N3O2S. The minimum absolute atomic E-state index is 0.0962. The van der Waals surface area contributed by atoms with Crippen LogP contribution in [-0.2, 0) is 0 Å². The molecular weight excluding hydrogens is 394 g/mol. The van der Waals surface area contributed by atoms with Crippen molar-refractivity contribution in [2.45, 2.75) is 20.8 Å². The molecule has 6 heteroatoms. The lowest BCUT2D eigenvalue weighted by Gasteiger charge is -2.11. The Morgan fingerprint density at radius 1 is 0.967 bits per heavy atom. The topological polar surface area (TPSA) is 63.2 Å². The number of fused-ring (bicyclic) bond motifs is 1. The van der Waals surface area contributed by atoms with E-state index in [4.69, 9.17) is 9.72 Å². The molecule has 152 valence electrons. The number of benzene rings is 3. The smallest absolute Gasteiger partial charge is 0.321 e. The van der Waals surface area contributed by atoms with Crippen molar-refractivity contribution in [1.29, 1.82) is 0 Å². The van der Waals surface area contributed by atoms with Crippen LogP contribution < -0.4 is 15.4 Å². The van der Waals surface area contributed by atoms with Crippen LogP contribution in [0.5, 0.6) is 5.75 Å². The number of amides is 2. The van der Waals surface area contributed by atoms with Gasteiger partial charge in [-0.05, 0) is 74.4 Å². The second-order valence-corrected chi connectivity index (χ2v) is 8.29. The second kappa shape index (κ2) is 8.55. The fourth-order valence-electron chi connectivity index (χ4n) is 3.17. The Morgan fingerprint density at radius 2 is 1.70 bits per heavy atom. The average Bonchev–Trinajstić information content (AvgIpc) is 3.13. The molecule has 2 N–H and O–H groups in total. The van der Waals surface area contributed by atoms with Gasteiger partial charge in [0.1, 0.15) is 10.8 Å². The van der Waals surface area contributed by atoms with Gasteiger partial charge in [-0.3, -0.25) is 0 Å². The summed E-state index contributed by atoms with van der Waals surface area (Å²) in [5.41, 5.74) is 6.18. The van der Waals surface area contributed by atoms with Gasteiger partial charge >= 0.3 is 6.03 Å². The number of aromatic nitrogens is 1. The number of nitrogens with one attached hydrogen (secondary N) is 2. The maximum absolute atomic E-state index is 12.1. The molecule has 0 aliphatic rings. The summed E-state index contributed by atoms with van der Waals surface area (Å²) in [6.07, 6.45) is 0. The molecule has 0 aliphatic carbocycles. The van der Waals surface area contributed by atoms with Crippen LogP contribution in [0.15, 0.2) is 60.7 Å². The number of urea groups is 1. The summed E-state index contributed by atoms with van der Waals surface area (Å²) in [6.45, 7) is 6.19. The van der Waals surface area contributed by atoms with E-state index < -0.39 is 0 Å². The minimum atomic E-state index is -0.317. The maximum atomic E-state index is 12.1. The summed E-state index contributed by atoms with van der Waals surface area (Å²) in [7, 11) is 0.